The van der Waals surface area contributed by atoms with E-state index in [1.54, 1.807) is 10.6 Å². The Morgan fingerprint density at radius 1 is 1.10 bits per heavy atom. The first-order valence-electron chi connectivity index (χ1n) is 11.6. The van der Waals surface area contributed by atoms with Crippen LogP contribution in [0.25, 0.3) is 22.2 Å². The number of nitrogen functional groups attached to an aromatic ring is 2. The lowest BCUT2D eigenvalue weighted by Gasteiger charge is -2.22. The van der Waals surface area contributed by atoms with Gasteiger partial charge in [0.05, 0.1) is 31.3 Å². The number of rotatable bonds is 1. The lowest BCUT2D eigenvalue weighted by Crippen LogP contribution is -2.24. The highest BCUT2D eigenvalue weighted by Crippen LogP contribution is 2.58. The predicted molar refractivity (Wildman–Crippen MR) is 146 cm³/mol. The van der Waals surface area contributed by atoms with Gasteiger partial charge in [-0.3, -0.25) is 27.9 Å². The second kappa shape index (κ2) is 10.4. The van der Waals surface area contributed by atoms with Crippen molar-refractivity contribution in [1.29, 1.82) is 0 Å². The maximum atomic E-state index is 13.4. The number of H-pyrrole nitrogens is 1. The fraction of sp³-hybridized carbons (Fsp3) is 0.444. The highest BCUT2D eigenvalue weighted by Gasteiger charge is 2.44. The minimum absolute atomic E-state index is 0.00264. The molecule has 6 heterocycles. The largest absolute Gasteiger partial charge is 0.386 e. The van der Waals surface area contributed by atoms with Gasteiger partial charge >= 0.3 is 13.6 Å². The average molecular weight is 633 g/mol. The summed E-state index contributed by atoms with van der Waals surface area (Å²) >= 11 is 8.24. The fourth-order valence-electron chi connectivity index (χ4n) is 4.48. The number of hydrogen-bond acceptors (Lipinski definition) is 15. The van der Waals surface area contributed by atoms with Crippen LogP contribution in [0.2, 0.25) is 0 Å². The Bertz CT molecular complexity index is 1760. The van der Waals surface area contributed by atoms with Gasteiger partial charge in [0, 0.05) is 18.7 Å². The Morgan fingerprint density at radius 3 is 2.75 bits per heavy atom. The van der Waals surface area contributed by atoms with E-state index >= 15 is 0 Å². The molecule has 0 spiro atoms. The SMILES string of the molecule is Nc1nc2c(nnn2[C@@H]2O[C@@H]3COP(=O)(S)OCCn4c(cc5c(N)ncnc54)COP(=O)(S)O[C@@H]2C3)c(=O)[nH]1. The number of nitrogens with two attached hydrogens (primary N) is 2. The van der Waals surface area contributed by atoms with Gasteiger partial charge in [-0.15, -0.1) is 5.10 Å². The third-order valence-electron chi connectivity index (χ3n) is 6.18. The van der Waals surface area contributed by atoms with Crippen LogP contribution in [0.5, 0.6) is 0 Å². The lowest BCUT2D eigenvalue weighted by atomic mass is 10.2. The molecule has 5 N–H and O–H groups in total. The molecule has 2 aliphatic heterocycles. The summed E-state index contributed by atoms with van der Waals surface area (Å²) in [6.45, 7) is -8.29. The van der Waals surface area contributed by atoms with Crippen LogP contribution in [0.3, 0.4) is 0 Å². The second-order valence-electron chi connectivity index (χ2n) is 8.81. The molecule has 1 fully saturated rings. The molecule has 0 radical (unpaired) electrons. The molecule has 18 nitrogen and oxygen atoms in total. The third-order valence-corrected chi connectivity index (χ3v) is 9.48. The number of thiol groups is 2. The number of nitrogens with zero attached hydrogens (tertiary/aromatic N) is 7. The van der Waals surface area contributed by atoms with Crippen molar-refractivity contribution < 1.29 is 32.0 Å². The second-order valence-corrected chi connectivity index (χ2v) is 14.6. The average Bonchev–Trinajstić information content (AvgIpc) is 3.57. The zero-order chi connectivity index (χ0) is 28.2. The molecule has 6 rings (SSSR count). The van der Waals surface area contributed by atoms with Crippen LogP contribution < -0.4 is 17.0 Å². The molecule has 2 unspecified atom stereocenters. The zero-order valence-corrected chi connectivity index (χ0v) is 23.8. The van der Waals surface area contributed by atoms with E-state index in [1.165, 1.54) is 11.0 Å². The number of nitrogens with one attached hydrogen (secondary N) is 1. The van der Waals surface area contributed by atoms with E-state index in [9.17, 15) is 13.9 Å². The van der Waals surface area contributed by atoms with Gasteiger partial charge in [-0.2, -0.15) is 9.67 Å². The van der Waals surface area contributed by atoms with Crippen molar-refractivity contribution in [3.8, 4) is 0 Å². The molecule has 5 atom stereocenters. The first-order chi connectivity index (χ1) is 19.0. The van der Waals surface area contributed by atoms with E-state index in [0.717, 1.165) is 0 Å². The van der Waals surface area contributed by atoms with Crippen molar-refractivity contribution in [3.63, 3.8) is 0 Å². The molecule has 214 valence electrons. The van der Waals surface area contributed by atoms with E-state index in [0.29, 0.717) is 16.7 Å². The zero-order valence-electron chi connectivity index (χ0n) is 20.3. The van der Waals surface area contributed by atoms with Gasteiger partial charge < -0.3 is 20.8 Å². The Hall–Kier alpha value is -2.54. The van der Waals surface area contributed by atoms with Crippen LogP contribution in [0.15, 0.2) is 17.2 Å². The summed E-state index contributed by atoms with van der Waals surface area (Å²) in [6.07, 6.45) is -1.53. The molecule has 4 aromatic heterocycles. The molecule has 22 heteroatoms. The molecule has 4 aromatic rings. The fourth-order valence-corrected chi connectivity index (χ4v) is 7.09. The van der Waals surface area contributed by atoms with E-state index in [1.807, 2.05) is 0 Å². The Kier molecular flexibility index (Phi) is 7.17. The van der Waals surface area contributed by atoms with Crippen LogP contribution >= 0.6 is 38.1 Å². The number of anilines is 2. The highest BCUT2D eigenvalue weighted by molar-refractivity contribution is 8.44. The van der Waals surface area contributed by atoms with Crippen molar-refractivity contribution in [2.45, 2.75) is 38.0 Å². The first-order valence-corrected chi connectivity index (χ1v) is 17.0. The summed E-state index contributed by atoms with van der Waals surface area (Å²) < 4.78 is 57.6. The van der Waals surface area contributed by atoms with Gasteiger partial charge in [0.1, 0.15) is 23.9 Å². The van der Waals surface area contributed by atoms with Gasteiger partial charge in [0.2, 0.25) is 5.95 Å². The van der Waals surface area contributed by atoms with Crippen molar-refractivity contribution in [1.82, 2.24) is 39.5 Å². The molecule has 0 saturated carbocycles. The first kappa shape index (κ1) is 27.6. The standard InChI is InChI=1S/C18H22N10O8P2S2/c19-13-10-3-8-5-33-38(31,40)36-11-4-9(6-34-37(30,39)32-2-1-27(8)14(10)22-7-21-13)35-17(11)28-15-12(25-26-28)16(29)24-18(20)23-15/h3,7,9,11,17H,1-2,4-6H2,(H,30,39)(H,31,40)(H2,19,21,22)(H3,20,23,24,29)/t9-,11+,17+,37?,38?/m0/s1. The van der Waals surface area contributed by atoms with E-state index in [4.69, 9.17) is 34.3 Å². The quantitative estimate of drug-likeness (QED) is 0.147. The summed E-state index contributed by atoms with van der Waals surface area (Å²) in [5.74, 6) is 0.0434. The summed E-state index contributed by atoms with van der Waals surface area (Å²) in [4.78, 5) is 26.9. The predicted octanol–water partition coefficient (Wildman–Crippen LogP) is 1.44. The van der Waals surface area contributed by atoms with Crippen LogP contribution in [-0.2, 0) is 45.1 Å². The maximum absolute atomic E-state index is 13.4. The molecule has 0 aromatic carbocycles. The van der Waals surface area contributed by atoms with Crippen LogP contribution in [0.1, 0.15) is 18.3 Å². The van der Waals surface area contributed by atoms with Gasteiger partial charge in [-0.1, -0.05) is 29.7 Å². The molecule has 40 heavy (non-hydrogen) atoms. The molecule has 0 amide bonds. The highest BCUT2D eigenvalue weighted by atomic mass is 32.7. The topological polar surface area (TPSA) is 239 Å². The molecule has 2 aliphatic rings. The number of hydrogen-bond donors (Lipinski definition) is 5. The van der Waals surface area contributed by atoms with Gasteiger partial charge in [-0.25, -0.2) is 19.1 Å². The Labute approximate surface area is 234 Å². The van der Waals surface area contributed by atoms with Gasteiger partial charge in [-0.05, 0) is 6.07 Å². The van der Waals surface area contributed by atoms with E-state index < -0.39 is 37.6 Å². The minimum Gasteiger partial charge on any atom is -0.383 e. The van der Waals surface area contributed by atoms with Crippen LogP contribution in [0, 0.1) is 0 Å². The number of aromatic nitrogens is 8. The third kappa shape index (κ3) is 5.38. The number of aromatic amines is 1. The Morgan fingerprint density at radius 2 is 1.93 bits per heavy atom. The summed E-state index contributed by atoms with van der Waals surface area (Å²) in [5, 5.41) is 8.34. The number of ether oxygens (including phenoxy) is 1. The molecule has 2 bridgehead atoms. The summed E-state index contributed by atoms with van der Waals surface area (Å²) in [7, 11) is 0. The lowest BCUT2D eigenvalue weighted by molar-refractivity contribution is -0.0502. The number of fused-ring (bicyclic) bond motifs is 6. The van der Waals surface area contributed by atoms with Crippen LogP contribution in [0.4, 0.5) is 11.8 Å². The van der Waals surface area contributed by atoms with Crippen LogP contribution in [-0.4, -0.2) is 64.9 Å². The smallest absolute Gasteiger partial charge is 0.383 e. The van der Waals surface area contributed by atoms with Crippen molar-refractivity contribution >= 4 is 72.1 Å². The normalized spacial score (nSPS) is 30.2. The van der Waals surface area contributed by atoms with E-state index in [-0.39, 0.29) is 55.7 Å². The van der Waals surface area contributed by atoms with Gasteiger partial charge in [0.25, 0.3) is 5.56 Å². The Balaban J connectivity index is 1.36. The van der Waals surface area contributed by atoms with Crippen molar-refractivity contribution in [2.24, 2.45) is 0 Å². The van der Waals surface area contributed by atoms with Gasteiger partial charge in [0.15, 0.2) is 17.4 Å². The molecule has 1 saturated heterocycles. The molecule has 0 aliphatic carbocycles. The van der Waals surface area contributed by atoms with E-state index in [2.05, 4.69) is 54.7 Å². The van der Waals surface area contributed by atoms with Crippen molar-refractivity contribution in [3.05, 3.63) is 28.4 Å². The molecular formula is C18H22N10O8P2S2. The molecular weight excluding hydrogens is 610 g/mol. The maximum Gasteiger partial charge on any atom is 0.386 e. The minimum atomic E-state index is -4.06. The summed E-state index contributed by atoms with van der Waals surface area (Å²) in [5.41, 5.74) is 11.9. The monoisotopic (exact) mass is 632 g/mol. The van der Waals surface area contributed by atoms with Crippen molar-refractivity contribution in [2.75, 3.05) is 24.7 Å². The summed E-state index contributed by atoms with van der Waals surface area (Å²) in [6, 6.07) is 1.67.